The van der Waals surface area contributed by atoms with Crippen LogP contribution in [0.15, 0.2) is 36.4 Å². The van der Waals surface area contributed by atoms with Gasteiger partial charge in [0.05, 0.1) is 14.2 Å². The van der Waals surface area contributed by atoms with Crippen molar-refractivity contribution in [2.24, 2.45) is 0 Å². The molecule has 1 saturated carbocycles. The van der Waals surface area contributed by atoms with Crippen LogP contribution in [0.1, 0.15) is 48.8 Å². The molecule has 2 N–H and O–H groups in total. The van der Waals surface area contributed by atoms with Crippen LogP contribution in [0.25, 0.3) is 0 Å². The molecule has 176 valence electrons. The van der Waals surface area contributed by atoms with Gasteiger partial charge in [-0.2, -0.15) is 0 Å². The summed E-state index contributed by atoms with van der Waals surface area (Å²) >= 11 is 0. The summed E-state index contributed by atoms with van der Waals surface area (Å²) in [4.78, 5) is 15.3. The molecule has 6 nitrogen and oxygen atoms in total. The van der Waals surface area contributed by atoms with Gasteiger partial charge in [0.2, 0.25) is 0 Å². The van der Waals surface area contributed by atoms with Gasteiger partial charge < -0.3 is 25.0 Å². The van der Waals surface area contributed by atoms with Crippen LogP contribution in [0.4, 0.5) is 10.5 Å². The van der Waals surface area contributed by atoms with Crippen LogP contribution < -0.4 is 20.1 Å². The van der Waals surface area contributed by atoms with Crippen LogP contribution in [-0.2, 0) is 18.3 Å². The second-order valence-electron chi connectivity index (χ2n) is 9.88. The smallest absolute Gasteiger partial charge is 0.319 e. The average molecular weight is 450 g/mol. The van der Waals surface area contributed by atoms with Crippen molar-refractivity contribution in [1.82, 2.24) is 10.2 Å². The highest BCUT2D eigenvalue weighted by Crippen LogP contribution is 2.49. The Morgan fingerprint density at radius 1 is 1.03 bits per heavy atom. The molecule has 2 fully saturated rings. The Morgan fingerprint density at radius 2 is 1.85 bits per heavy atom. The summed E-state index contributed by atoms with van der Waals surface area (Å²) < 4.78 is 11.0. The second-order valence-corrected chi connectivity index (χ2v) is 9.88. The molecule has 0 unspecified atom stereocenters. The van der Waals surface area contributed by atoms with Gasteiger partial charge in [-0.1, -0.05) is 12.1 Å². The molecular formula is C27H35N3O3. The van der Waals surface area contributed by atoms with E-state index in [1.807, 2.05) is 12.1 Å². The third-order valence-electron chi connectivity index (χ3n) is 8.18. The lowest BCUT2D eigenvalue weighted by molar-refractivity contribution is 0.156. The highest BCUT2D eigenvalue weighted by atomic mass is 16.5. The molecule has 1 heterocycles. The molecule has 3 aliphatic rings. The Bertz CT molecular complexity index is 1040. The minimum absolute atomic E-state index is 0.0863. The quantitative estimate of drug-likeness (QED) is 0.705. The van der Waals surface area contributed by atoms with Crippen molar-refractivity contribution >= 4 is 11.7 Å². The number of likely N-dealkylation sites (N-methyl/N-ethyl adjacent to an activating group) is 1. The third kappa shape index (κ3) is 4.05. The van der Waals surface area contributed by atoms with E-state index >= 15 is 0 Å². The number of anilines is 1. The standard InChI is InChI=1S/C27H35N3O3/c1-30-14-13-27(20-8-10-23(32-2)24(16-20)33-3)12-11-22(17-25(27)30)29-26(31)28-21-9-7-18-5-4-6-19(18)15-21/h7-10,15-16,22,25H,4-6,11-14,17H2,1-3H3,(H2,28,29,31)/t22-,25+,27-/m0/s1. The lowest BCUT2D eigenvalue weighted by Crippen LogP contribution is -2.52. The number of carbonyl (C=O) groups excluding carboxylic acids is 1. The van der Waals surface area contributed by atoms with Crippen molar-refractivity contribution in [2.45, 2.75) is 62.4 Å². The first-order valence-corrected chi connectivity index (χ1v) is 12.1. The van der Waals surface area contributed by atoms with Crippen LogP contribution >= 0.6 is 0 Å². The molecule has 3 atom stereocenters. The second kappa shape index (κ2) is 8.90. The van der Waals surface area contributed by atoms with Crippen LogP contribution in [-0.4, -0.2) is 50.8 Å². The van der Waals surface area contributed by atoms with Crippen molar-refractivity contribution in [1.29, 1.82) is 0 Å². The van der Waals surface area contributed by atoms with E-state index in [1.165, 1.54) is 23.1 Å². The molecule has 0 radical (unpaired) electrons. The highest BCUT2D eigenvalue weighted by molar-refractivity contribution is 5.89. The SMILES string of the molecule is COc1ccc([C@@]23CC[C@H](NC(=O)Nc4ccc5c(c4)CCC5)C[C@H]2N(C)CC3)cc1OC. The number of rotatable bonds is 5. The number of methoxy groups -OCH3 is 2. The Labute approximate surface area is 196 Å². The highest BCUT2D eigenvalue weighted by Gasteiger charge is 2.50. The predicted molar refractivity (Wildman–Crippen MR) is 131 cm³/mol. The Morgan fingerprint density at radius 3 is 2.67 bits per heavy atom. The molecule has 2 amide bonds. The first kappa shape index (κ1) is 22.1. The zero-order valence-electron chi connectivity index (χ0n) is 19.9. The summed E-state index contributed by atoms with van der Waals surface area (Å²) in [6.07, 6.45) is 7.56. The van der Waals surface area contributed by atoms with E-state index in [2.05, 4.69) is 46.8 Å². The van der Waals surface area contributed by atoms with Gasteiger partial charge in [0.25, 0.3) is 0 Å². The summed E-state index contributed by atoms with van der Waals surface area (Å²) in [6.45, 7) is 1.06. The number of nitrogens with zero attached hydrogens (tertiary/aromatic N) is 1. The lowest BCUT2D eigenvalue weighted by atomic mass is 9.65. The van der Waals surface area contributed by atoms with Crippen LogP contribution in [0, 0.1) is 0 Å². The molecule has 2 aliphatic carbocycles. The van der Waals surface area contributed by atoms with Crippen molar-refractivity contribution in [3.05, 3.63) is 53.1 Å². The first-order chi connectivity index (χ1) is 16.0. The Kier molecular flexibility index (Phi) is 5.95. The molecule has 0 bridgehead atoms. The van der Waals surface area contributed by atoms with E-state index in [9.17, 15) is 4.79 Å². The Balaban J connectivity index is 1.28. The maximum Gasteiger partial charge on any atom is 0.319 e. The molecule has 2 aromatic carbocycles. The largest absolute Gasteiger partial charge is 0.493 e. The molecule has 6 heteroatoms. The fourth-order valence-corrected chi connectivity index (χ4v) is 6.40. The lowest BCUT2D eigenvalue weighted by Gasteiger charge is -2.45. The number of amides is 2. The van der Waals surface area contributed by atoms with Crippen molar-refractivity contribution < 1.29 is 14.3 Å². The fourth-order valence-electron chi connectivity index (χ4n) is 6.40. The molecule has 5 rings (SSSR count). The summed E-state index contributed by atoms with van der Waals surface area (Å²) in [5.74, 6) is 1.55. The normalized spacial score (nSPS) is 26.4. The van der Waals surface area contributed by atoms with E-state index in [1.54, 1.807) is 14.2 Å². The number of ether oxygens (including phenoxy) is 2. The number of hydrogen-bond donors (Lipinski definition) is 2. The van der Waals surface area contributed by atoms with Gasteiger partial charge in [-0.15, -0.1) is 0 Å². The number of likely N-dealkylation sites (tertiary alicyclic amines) is 1. The molecule has 0 spiro atoms. The predicted octanol–water partition coefficient (Wildman–Crippen LogP) is 4.51. The van der Waals surface area contributed by atoms with Crippen LogP contribution in [0.3, 0.4) is 0 Å². The monoisotopic (exact) mass is 449 g/mol. The molecule has 33 heavy (non-hydrogen) atoms. The minimum Gasteiger partial charge on any atom is -0.493 e. The van der Waals surface area contributed by atoms with Gasteiger partial charge in [0.15, 0.2) is 11.5 Å². The number of hydrogen-bond acceptors (Lipinski definition) is 4. The summed E-state index contributed by atoms with van der Waals surface area (Å²) in [5, 5.41) is 6.32. The van der Waals surface area contributed by atoms with E-state index in [0.29, 0.717) is 6.04 Å². The molecule has 1 aliphatic heterocycles. The Hall–Kier alpha value is -2.73. The molecular weight excluding hydrogens is 414 g/mol. The third-order valence-corrected chi connectivity index (χ3v) is 8.18. The number of nitrogens with one attached hydrogen (secondary N) is 2. The van der Waals surface area contributed by atoms with Gasteiger partial charge in [-0.25, -0.2) is 4.79 Å². The zero-order valence-corrected chi connectivity index (χ0v) is 19.9. The van der Waals surface area contributed by atoms with E-state index in [-0.39, 0.29) is 17.5 Å². The van der Waals surface area contributed by atoms with Gasteiger partial charge in [0, 0.05) is 23.2 Å². The maximum absolute atomic E-state index is 12.8. The van der Waals surface area contributed by atoms with E-state index in [4.69, 9.17) is 9.47 Å². The van der Waals surface area contributed by atoms with Gasteiger partial charge >= 0.3 is 6.03 Å². The van der Waals surface area contributed by atoms with Crippen molar-refractivity contribution in [3.63, 3.8) is 0 Å². The van der Waals surface area contributed by atoms with Crippen LogP contribution in [0.5, 0.6) is 11.5 Å². The topological polar surface area (TPSA) is 62.8 Å². The van der Waals surface area contributed by atoms with Gasteiger partial charge in [-0.05, 0) is 99.5 Å². The summed E-state index contributed by atoms with van der Waals surface area (Å²) in [6, 6.07) is 13.1. The number of carbonyl (C=O) groups is 1. The number of fused-ring (bicyclic) bond motifs is 2. The zero-order chi connectivity index (χ0) is 23.0. The van der Waals surface area contributed by atoms with Crippen LogP contribution in [0.2, 0.25) is 0 Å². The first-order valence-electron chi connectivity index (χ1n) is 12.1. The molecule has 1 saturated heterocycles. The van der Waals surface area contributed by atoms with Gasteiger partial charge in [0.1, 0.15) is 0 Å². The minimum atomic E-state index is -0.0998. The fraction of sp³-hybridized carbons (Fsp3) is 0.519. The number of benzene rings is 2. The number of aryl methyl sites for hydroxylation is 2. The average Bonchev–Trinajstić information content (AvgIpc) is 3.43. The van der Waals surface area contributed by atoms with E-state index in [0.717, 1.165) is 62.3 Å². The maximum atomic E-state index is 12.8. The summed E-state index contributed by atoms with van der Waals surface area (Å²) in [5.41, 5.74) is 5.09. The van der Waals surface area contributed by atoms with Crippen molar-refractivity contribution in [2.75, 3.05) is 33.1 Å². The summed E-state index contributed by atoms with van der Waals surface area (Å²) in [7, 11) is 5.57. The molecule has 0 aromatic heterocycles. The van der Waals surface area contributed by atoms with E-state index < -0.39 is 0 Å². The van der Waals surface area contributed by atoms with Gasteiger partial charge in [-0.3, -0.25) is 0 Å². The van der Waals surface area contributed by atoms with Crippen molar-refractivity contribution in [3.8, 4) is 11.5 Å². The number of urea groups is 1. The molecule has 2 aromatic rings.